The van der Waals surface area contributed by atoms with Crippen molar-refractivity contribution in [2.45, 2.75) is 45.2 Å². The zero-order chi connectivity index (χ0) is 21.0. The van der Waals surface area contributed by atoms with E-state index in [2.05, 4.69) is 53.4 Å². The molecule has 2 heterocycles. The van der Waals surface area contributed by atoms with Gasteiger partial charge in [-0.15, -0.1) is 10.2 Å². The number of carbonyl (C=O) groups excluding carboxylic acids is 1. The number of ether oxygens (including phenoxy) is 1. The van der Waals surface area contributed by atoms with Crippen LogP contribution in [0.4, 0.5) is 0 Å². The highest BCUT2D eigenvalue weighted by atomic mass is 32.2. The van der Waals surface area contributed by atoms with Gasteiger partial charge in [0, 0.05) is 11.4 Å². The summed E-state index contributed by atoms with van der Waals surface area (Å²) in [5.74, 6) is 1.54. The molecule has 29 heavy (non-hydrogen) atoms. The van der Waals surface area contributed by atoms with Crippen LogP contribution in [0.15, 0.2) is 35.5 Å². The van der Waals surface area contributed by atoms with E-state index >= 15 is 0 Å². The van der Waals surface area contributed by atoms with Crippen LogP contribution in [0.5, 0.6) is 5.75 Å². The molecule has 0 bridgehead atoms. The van der Waals surface area contributed by atoms with Crippen LogP contribution in [-0.4, -0.2) is 44.4 Å². The van der Waals surface area contributed by atoms with Gasteiger partial charge in [0.1, 0.15) is 12.4 Å². The van der Waals surface area contributed by atoms with Crippen molar-refractivity contribution < 1.29 is 9.53 Å². The summed E-state index contributed by atoms with van der Waals surface area (Å²) in [6.07, 6.45) is 0. The lowest BCUT2D eigenvalue weighted by atomic mass is 9.87. The predicted octanol–water partition coefficient (Wildman–Crippen LogP) is 3.33. The molecule has 0 unspecified atom stereocenters. The van der Waals surface area contributed by atoms with Crippen molar-refractivity contribution in [2.75, 3.05) is 18.9 Å². The van der Waals surface area contributed by atoms with Gasteiger partial charge in [0.15, 0.2) is 5.16 Å². The molecule has 3 rings (SSSR count). The van der Waals surface area contributed by atoms with Gasteiger partial charge in [-0.3, -0.25) is 9.20 Å². The predicted molar refractivity (Wildman–Crippen MR) is 115 cm³/mol. The van der Waals surface area contributed by atoms with E-state index in [-0.39, 0.29) is 17.1 Å². The number of aryl methyl sites for hydroxylation is 2. The van der Waals surface area contributed by atoms with Crippen molar-refractivity contribution in [3.8, 4) is 5.75 Å². The molecular weight excluding hydrogens is 386 g/mol. The van der Waals surface area contributed by atoms with Gasteiger partial charge in [-0.25, -0.2) is 4.98 Å². The summed E-state index contributed by atoms with van der Waals surface area (Å²) in [6.45, 7) is 11.3. The van der Waals surface area contributed by atoms with Gasteiger partial charge >= 0.3 is 0 Å². The topological polar surface area (TPSA) is 81.4 Å². The molecule has 1 N–H and O–H groups in total. The number of fused-ring (bicyclic) bond motifs is 1. The highest BCUT2D eigenvalue weighted by molar-refractivity contribution is 7.99. The van der Waals surface area contributed by atoms with Crippen LogP contribution >= 0.6 is 11.8 Å². The van der Waals surface area contributed by atoms with Crippen molar-refractivity contribution in [1.82, 2.24) is 24.9 Å². The Morgan fingerprint density at radius 3 is 2.59 bits per heavy atom. The molecule has 7 nitrogen and oxygen atoms in total. The summed E-state index contributed by atoms with van der Waals surface area (Å²) in [5, 5.41) is 11.7. The van der Waals surface area contributed by atoms with Crippen LogP contribution in [0, 0.1) is 13.8 Å². The van der Waals surface area contributed by atoms with Crippen molar-refractivity contribution in [2.24, 2.45) is 0 Å². The third-order valence-corrected chi connectivity index (χ3v) is 5.34. The average molecular weight is 414 g/mol. The molecule has 0 saturated carbocycles. The summed E-state index contributed by atoms with van der Waals surface area (Å²) in [7, 11) is 0. The van der Waals surface area contributed by atoms with Gasteiger partial charge in [0.05, 0.1) is 12.3 Å². The van der Waals surface area contributed by atoms with E-state index < -0.39 is 0 Å². The van der Waals surface area contributed by atoms with Crippen LogP contribution < -0.4 is 10.1 Å². The number of hydrogen-bond acceptors (Lipinski definition) is 6. The van der Waals surface area contributed by atoms with Crippen molar-refractivity contribution in [1.29, 1.82) is 0 Å². The molecule has 0 atom stereocenters. The fourth-order valence-corrected chi connectivity index (χ4v) is 3.70. The lowest BCUT2D eigenvalue weighted by Crippen LogP contribution is -2.29. The quantitative estimate of drug-likeness (QED) is 0.473. The van der Waals surface area contributed by atoms with E-state index in [1.807, 2.05) is 36.4 Å². The summed E-state index contributed by atoms with van der Waals surface area (Å²) in [4.78, 5) is 16.5. The van der Waals surface area contributed by atoms with E-state index in [0.717, 1.165) is 17.1 Å². The molecule has 0 aliphatic carbocycles. The maximum Gasteiger partial charge on any atom is 0.256 e. The zero-order valence-corrected chi connectivity index (χ0v) is 18.3. The lowest BCUT2D eigenvalue weighted by Gasteiger charge is -2.19. The fourth-order valence-electron chi connectivity index (χ4n) is 2.89. The van der Waals surface area contributed by atoms with Gasteiger partial charge < -0.3 is 10.1 Å². The number of aromatic nitrogens is 4. The number of rotatable bonds is 7. The van der Waals surface area contributed by atoms with Crippen molar-refractivity contribution in [3.63, 3.8) is 0 Å². The van der Waals surface area contributed by atoms with E-state index in [1.54, 1.807) is 0 Å². The molecule has 3 aromatic rings. The Morgan fingerprint density at radius 2 is 1.90 bits per heavy atom. The Hall–Kier alpha value is -2.61. The fraction of sp³-hybridized carbons (Fsp3) is 0.429. The molecule has 2 aromatic heterocycles. The molecule has 1 aromatic carbocycles. The first kappa shape index (κ1) is 21.1. The standard InChI is InChI=1S/C21H27N5O2S/c1-14-12-15(2)26-19(23-14)24-25-20(26)29-13-18(27)22-10-11-28-17-8-6-16(7-9-17)21(3,4)5/h6-9,12H,10-11,13H2,1-5H3,(H,22,27). The first-order valence-electron chi connectivity index (χ1n) is 9.56. The summed E-state index contributed by atoms with van der Waals surface area (Å²) in [6, 6.07) is 10.0. The van der Waals surface area contributed by atoms with Gasteiger partial charge in [0.2, 0.25) is 5.91 Å². The van der Waals surface area contributed by atoms with Crippen LogP contribution in [0.2, 0.25) is 0 Å². The second-order valence-electron chi connectivity index (χ2n) is 7.92. The third-order valence-electron chi connectivity index (χ3n) is 4.41. The summed E-state index contributed by atoms with van der Waals surface area (Å²) in [5.41, 5.74) is 3.26. The van der Waals surface area contributed by atoms with E-state index in [9.17, 15) is 4.79 Å². The largest absolute Gasteiger partial charge is 0.492 e. The smallest absolute Gasteiger partial charge is 0.256 e. The molecule has 0 radical (unpaired) electrons. The molecule has 0 saturated heterocycles. The summed E-state index contributed by atoms with van der Waals surface area (Å²) < 4.78 is 7.56. The first-order chi connectivity index (χ1) is 13.7. The molecule has 8 heteroatoms. The first-order valence-corrected chi connectivity index (χ1v) is 10.5. The van der Waals surface area contributed by atoms with Crippen LogP contribution in [-0.2, 0) is 10.2 Å². The van der Waals surface area contributed by atoms with Gasteiger partial charge in [-0.05, 0) is 43.0 Å². The van der Waals surface area contributed by atoms with Gasteiger partial charge in [0.25, 0.3) is 5.78 Å². The van der Waals surface area contributed by atoms with Crippen molar-refractivity contribution in [3.05, 3.63) is 47.3 Å². The maximum atomic E-state index is 12.1. The Balaban J connectivity index is 1.43. The maximum absolute atomic E-state index is 12.1. The van der Waals surface area contributed by atoms with Crippen molar-refractivity contribution >= 4 is 23.4 Å². The second kappa shape index (κ2) is 8.82. The van der Waals surface area contributed by atoms with Crippen LogP contribution in [0.3, 0.4) is 0 Å². The van der Waals surface area contributed by atoms with E-state index in [4.69, 9.17) is 4.74 Å². The lowest BCUT2D eigenvalue weighted by molar-refractivity contribution is -0.118. The van der Waals surface area contributed by atoms with E-state index in [0.29, 0.717) is 24.1 Å². The van der Waals surface area contributed by atoms with E-state index in [1.165, 1.54) is 17.3 Å². The average Bonchev–Trinajstić information content (AvgIpc) is 3.06. The molecule has 1 amide bonds. The Bertz CT molecular complexity index is 993. The minimum Gasteiger partial charge on any atom is -0.492 e. The Labute approximate surface area is 175 Å². The minimum atomic E-state index is -0.0730. The molecule has 0 aliphatic rings. The highest BCUT2D eigenvalue weighted by Crippen LogP contribution is 2.24. The molecule has 154 valence electrons. The number of nitrogens with one attached hydrogen (secondary N) is 1. The van der Waals surface area contributed by atoms with Crippen LogP contribution in [0.1, 0.15) is 37.7 Å². The highest BCUT2D eigenvalue weighted by Gasteiger charge is 2.13. The SMILES string of the molecule is Cc1cc(C)n2c(SCC(=O)NCCOc3ccc(C(C)(C)C)cc3)nnc2n1. The minimum absolute atomic E-state index is 0.0730. The number of nitrogens with zero attached hydrogens (tertiary/aromatic N) is 4. The molecular formula is C21H27N5O2S. The van der Waals surface area contributed by atoms with Gasteiger partial charge in [-0.2, -0.15) is 0 Å². The number of benzene rings is 1. The molecule has 0 fully saturated rings. The summed E-state index contributed by atoms with van der Waals surface area (Å²) >= 11 is 1.34. The number of carbonyl (C=O) groups is 1. The van der Waals surface area contributed by atoms with Crippen LogP contribution in [0.25, 0.3) is 5.78 Å². The van der Waals surface area contributed by atoms with Gasteiger partial charge in [-0.1, -0.05) is 44.7 Å². The second-order valence-corrected chi connectivity index (χ2v) is 8.86. The zero-order valence-electron chi connectivity index (χ0n) is 17.5. The number of hydrogen-bond donors (Lipinski definition) is 1. The monoisotopic (exact) mass is 413 g/mol. The Morgan fingerprint density at radius 1 is 1.17 bits per heavy atom. The molecule has 0 spiro atoms. The Kier molecular flexibility index (Phi) is 6.42. The normalized spacial score (nSPS) is 11.6. The number of thioether (sulfide) groups is 1. The number of amides is 1. The molecule has 0 aliphatic heterocycles. The third kappa shape index (κ3) is 5.47.